The van der Waals surface area contributed by atoms with Crippen molar-refractivity contribution in [2.75, 3.05) is 19.6 Å². The van der Waals surface area contributed by atoms with Crippen LogP contribution in [0, 0.1) is 0 Å². The number of para-hydroxylation sites is 1. The third-order valence-corrected chi connectivity index (χ3v) is 5.11. The molecule has 8 nitrogen and oxygen atoms in total. The molecular weight excluding hydrogens is 370 g/mol. The Bertz CT molecular complexity index is 1090. The van der Waals surface area contributed by atoms with E-state index in [1.165, 1.54) is 9.13 Å². The fraction of sp³-hybridized carbons (Fsp3) is 0.333. The van der Waals surface area contributed by atoms with Gasteiger partial charge in [-0.25, -0.2) is 14.3 Å². The average Bonchev–Trinajstić information content (AvgIpc) is 3.27. The van der Waals surface area contributed by atoms with Crippen LogP contribution in [0.4, 0.5) is 0 Å². The summed E-state index contributed by atoms with van der Waals surface area (Å²) in [6.45, 7) is 1.83. The van der Waals surface area contributed by atoms with Gasteiger partial charge in [-0.2, -0.15) is 0 Å². The second kappa shape index (κ2) is 8.30. The van der Waals surface area contributed by atoms with Gasteiger partial charge in [0.05, 0.1) is 11.2 Å². The van der Waals surface area contributed by atoms with Crippen LogP contribution < -0.4 is 11.0 Å². The van der Waals surface area contributed by atoms with Gasteiger partial charge in [0.15, 0.2) is 5.65 Å². The predicted octanol–water partition coefficient (Wildman–Crippen LogP) is 1.32. The zero-order chi connectivity index (χ0) is 20.2. The smallest absolute Gasteiger partial charge is 0.335 e. The van der Waals surface area contributed by atoms with Crippen LogP contribution in [0.2, 0.25) is 0 Å². The molecule has 3 aromatic rings. The molecule has 0 aliphatic carbocycles. The van der Waals surface area contributed by atoms with Gasteiger partial charge in [-0.05, 0) is 37.1 Å². The number of benzene rings is 1. The van der Waals surface area contributed by atoms with Crippen molar-refractivity contribution in [1.82, 2.24) is 24.3 Å². The molecule has 1 aliphatic heterocycles. The number of carbonyl (C=O) groups excluding carboxylic acids is 2. The molecule has 0 unspecified atom stereocenters. The number of hydrogen-bond donors (Lipinski definition) is 1. The highest BCUT2D eigenvalue weighted by atomic mass is 16.2. The van der Waals surface area contributed by atoms with Gasteiger partial charge in [0.1, 0.15) is 6.54 Å². The molecule has 0 radical (unpaired) electrons. The third-order valence-electron chi connectivity index (χ3n) is 5.11. The maximum Gasteiger partial charge on any atom is 0.335 e. The summed E-state index contributed by atoms with van der Waals surface area (Å²) in [4.78, 5) is 43.3. The first-order chi connectivity index (χ1) is 14.1. The molecule has 1 aliphatic rings. The molecule has 4 rings (SSSR count). The minimum atomic E-state index is -0.303. The van der Waals surface area contributed by atoms with Crippen LogP contribution in [-0.2, 0) is 16.1 Å². The number of pyridine rings is 1. The minimum absolute atomic E-state index is 0.0799. The molecule has 0 bridgehead atoms. The van der Waals surface area contributed by atoms with Gasteiger partial charge in [-0.3, -0.25) is 14.2 Å². The largest absolute Gasteiger partial charge is 0.354 e. The van der Waals surface area contributed by atoms with Crippen LogP contribution in [0.3, 0.4) is 0 Å². The molecular formula is C21H23N5O3. The molecule has 2 aromatic heterocycles. The van der Waals surface area contributed by atoms with Gasteiger partial charge in [-0.1, -0.05) is 18.2 Å². The van der Waals surface area contributed by atoms with Crippen molar-refractivity contribution >= 4 is 23.0 Å². The van der Waals surface area contributed by atoms with E-state index in [0.717, 1.165) is 13.0 Å². The Labute approximate surface area is 167 Å². The second-order valence-corrected chi connectivity index (χ2v) is 7.07. The number of rotatable bonds is 7. The SMILES string of the molecule is O=C(Cn1c(=O)n(-c2ccccc2)c2ncccc21)NCCCN1CCCC1=O. The normalized spacial score (nSPS) is 13.9. The van der Waals surface area contributed by atoms with Crippen molar-refractivity contribution in [1.29, 1.82) is 0 Å². The van der Waals surface area contributed by atoms with Gasteiger partial charge in [0.25, 0.3) is 0 Å². The van der Waals surface area contributed by atoms with Gasteiger partial charge in [0.2, 0.25) is 11.8 Å². The highest BCUT2D eigenvalue weighted by Crippen LogP contribution is 2.15. The number of likely N-dealkylation sites (tertiary alicyclic amines) is 1. The van der Waals surface area contributed by atoms with Crippen molar-refractivity contribution in [3.8, 4) is 5.69 Å². The van der Waals surface area contributed by atoms with E-state index in [1.807, 2.05) is 35.2 Å². The van der Waals surface area contributed by atoms with Crippen molar-refractivity contribution in [2.24, 2.45) is 0 Å². The van der Waals surface area contributed by atoms with E-state index in [-0.39, 0.29) is 24.0 Å². The Balaban J connectivity index is 1.46. The molecule has 2 amide bonds. The summed E-state index contributed by atoms with van der Waals surface area (Å²) in [6, 6.07) is 12.8. The van der Waals surface area contributed by atoms with Crippen LogP contribution in [0.25, 0.3) is 16.9 Å². The van der Waals surface area contributed by atoms with Crippen molar-refractivity contribution in [2.45, 2.75) is 25.8 Å². The average molecular weight is 393 g/mol. The van der Waals surface area contributed by atoms with Crippen LogP contribution in [0.5, 0.6) is 0 Å². The van der Waals surface area contributed by atoms with E-state index in [2.05, 4.69) is 10.3 Å². The first-order valence-electron chi connectivity index (χ1n) is 9.81. The topological polar surface area (TPSA) is 89.2 Å². The number of aromatic nitrogens is 3. The minimum Gasteiger partial charge on any atom is -0.354 e. The van der Waals surface area contributed by atoms with Crippen LogP contribution in [0.15, 0.2) is 53.5 Å². The lowest BCUT2D eigenvalue weighted by Gasteiger charge is -2.15. The Morgan fingerprint density at radius 1 is 1.10 bits per heavy atom. The molecule has 0 spiro atoms. The Hall–Kier alpha value is -3.42. The monoisotopic (exact) mass is 393 g/mol. The van der Waals surface area contributed by atoms with E-state index in [4.69, 9.17) is 0 Å². The van der Waals surface area contributed by atoms with Crippen LogP contribution in [0.1, 0.15) is 19.3 Å². The lowest BCUT2D eigenvalue weighted by atomic mass is 10.3. The number of nitrogens with zero attached hydrogens (tertiary/aromatic N) is 4. The quantitative estimate of drug-likeness (QED) is 0.613. The fourth-order valence-electron chi connectivity index (χ4n) is 3.69. The molecule has 29 heavy (non-hydrogen) atoms. The summed E-state index contributed by atoms with van der Waals surface area (Å²) in [6.07, 6.45) is 3.85. The molecule has 1 aromatic carbocycles. The van der Waals surface area contributed by atoms with Gasteiger partial charge in [-0.15, -0.1) is 0 Å². The second-order valence-electron chi connectivity index (χ2n) is 7.07. The summed E-state index contributed by atoms with van der Waals surface area (Å²) < 4.78 is 2.95. The Morgan fingerprint density at radius 2 is 1.93 bits per heavy atom. The van der Waals surface area contributed by atoms with Gasteiger partial charge in [0, 0.05) is 32.3 Å². The number of amides is 2. The molecule has 3 heterocycles. The number of carbonyl (C=O) groups is 2. The summed E-state index contributed by atoms with van der Waals surface area (Å²) in [5, 5.41) is 2.84. The molecule has 0 atom stereocenters. The van der Waals surface area contributed by atoms with Gasteiger partial charge >= 0.3 is 5.69 Å². The van der Waals surface area contributed by atoms with Gasteiger partial charge < -0.3 is 10.2 Å². The van der Waals surface area contributed by atoms with Crippen LogP contribution in [-0.4, -0.2) is 50.5 Å². The lowest BCUT2D eigenvalue weighted by molar-refractivity contribution is -0.127. The van der Waals surface area contributed by atoms with E-state index in [9.17, 15) is 14.4 Å². The first-order valence-corrected chi connectivity index (χ1v) is 9.81. The van der Waals surface area contributed by atoms with Crippen LogP contribution >= 0.6 is 0 Å². The van der Waals surface area contributed by atoms with Crippen molar-refractivity contribution < 1.29 is 9.59 Å². The molecule has 1 fully saturated rings. The predicted molar refractivity (Wildman–Crippen MR) is 109 cm³/mol. The van der Waals surface area contributed by atoms with E-state index < -0.39 is 0 Å². The maximum atomic E-state index is 13.0. The summed E-state index contributed by atoms with van der Waals surface area (Å²) in [7, 11) is 0. The zero-order valence-electron chi connectivity index (χ0n) is 16.1. The molecule has 8 heteroatoms. The number of imidazole rings is 1. The molecule has 1 saturated heterocycles. The standard InChI is InChI=1S/C21H23N5O3/c27-18(22-12-6-14-24-13-5-10-19(24)28)15-25-17-9-4-11-23-20(17)26(21(25)29)16-7-2-1-3-8-16/h1-4,7-9,11H,5-6,10,12-15H2,(H,22,27). The molecule has 1 N–H and O–H groups in total. The summed E-state index contributed by atoms with van der Waals surface area (Å²) in [5.74, 6) is -0.0556. The third kappa shape index (κ3) is 3.91. The maximum absolute atomic E-state index is 13.0. The fourth-order valence-corrected chi connectivity index (χ4v) is 3.69. The summed E-state index contributed by atoms with van der Waals surface area (Å²) in [5.41, 5.74) is 1.53. The highest BCUT2D eigenvalue weighted by molar-refractivity contribution is 5.80. The van der Waals surface area contributed by atoms with E-state index in [0.29, 0.717) is 42.8 Å². The Kier molecular flexibility index (Phi) is 5.41. The van der Waals surface area contributed by atoms with Crippen molar-refractivity contribution in [3.05, 3.63) is 59.1 Å². The number of fused-ring (bicyclic) bond motifs is 1. The van der Waals surface area contributed by atoms with Crippen molar-refractivity contribution in [3.63, 3.8) is 0 Å². The van der Waals surface area contributed by atoms with E-state index in [1.54, 1.807) is 18.3 Å². The highest BCUT2D eigenvalue weighted by Gasteiger charge is 2.20. The summed E-state index contributed by atoms with van der Waals surface area (Å²) >= 11 is 0. The first kappa shape index (κ1) is 18.9. The number of nitrogens with one attached hydrogen (secondary N) is 1. The zero-order valence-corrected chi connectivity index (χ0v) is 16.1. The molecule has 0 saturated carbocycles. The van der Waals surface area contributed by atoms with E-state index >= 15 is 0 Å². The lowest BCUT2D eigenvalue weighted by Crippen LogP contribution is -2.35. The molecule has 150 valence electrons. The Morgan fingerprint density at radius 3 is 2.69 bits per heavy atom. The number of hydrogen-bond acceptors (Lipinski definition) is 4.